The molecule has 0 heterocycles. The monoisotopic (exact) mass is 263 g/mol. The first kappa shape index (κ1) is 13.1. The van der Waals surface area contributed by atoms with Gasteiger partial charge in [0.1, 0.15) is 5.75 Å². The fourth-order valence-electron chi connectivity index (χ4n) is 1.17. The van der Waals surface area contributed by atoms with Crippen molar-refractivity contribution in [3.8, 4) is 5.75 Å². The Labute approximate surface area is 100 Å². The first-order valence-corrected chi connectivity index (χ1v) is 6.45. The van der Waals surface area contributed by atoms with Gasteiger partial charge in [-0.2, -0.15) is 0 Å². The van der Waals surface area contributed by atoms with E-state index in [0.717, 1.165) is 0 Å². The maximum atomic E-state index is 11.7. The molecular formula is C9H13NO4S2. The molecule has 0 bridgehead atoms. The Morgan fingerprint density at radius 1 is 1.44 bits per heavy atom. The number of benzene rings is 1. The predicted octanol–water partition coefficient (Wildman–Crippen LogP) is 0.913. The molecule has 7 heteroatoms. The number of nitrogens with two attached hydrogens (primary N) is 1. The highest BCUT2D eigenvalue weighted by Crippen LogP contribution is 2.24. The summed E-state index contributed by atoms with van der Waals surface area (Å²) in [6.45, 7) is 0.0252. The normalized spacial score (nSPS) is 11.4. The lowest BCUT2D eigenvalue weighted by atomic mass is 10.3. The van der Waals surface area contributed by atoms with E-state index in [1.54, 1.807) is 0 Å². The van der Waals surface area contributed by atoms with E-state index in [1.807, 2.05) is 0 Å². The number of hydrogen-bond acceptors (Lipinski definition) is 6. The molecular weight excluding hydrogens is 250 g/mol. The number of rotatable bonds is 5. The van der Waals surface area contributed by atoms with Crippen LogP contribution in [0, 0.1) is 0 Å². The van der Waals surface area contributed by atoms with Crippen molar-refractivity contribution in [2.45, 2.75) is 4.90 Å². The number of methoxy groups -OCH3 is 1. The van der Waals surface area contributed by atoms with Crippen LogP contribution in [-0.2, 0) is 14.0 Å². The standard InChI is InChI=1S/C9H13NO4S2/c1-13-9-3-2-7(6-8(9)10)16(11,12)5-4-14-15/h2-3,6,15H,4-5,10H2,1H3. The number of nitrogen functional groups attached to an aromatic ring is 1. The Kier molecular flexibility index (Phi) is 4.45. The summed E-state index contributed by atoms with van der Waals surface area (Å²) >= 11 is 3.49. The molecule has 0 unspecified atom stereocenters. The van der Waals surface area contributed by atoms with Crippen LogP contribution in [-0.4, -0.2) is 27.9 Å². The van der Waals surface area contributed by atoms with Gasteiger partial charge in [0.2, 0.25) is 0 Å². The van der Waals surface area contributed by atoms with Gasteiger partial charge < -0.3 is 14.7 Å². The molecule has 5 nitrogen and oxygen atoms in total. The molecule has 90 valence electrons. The zero-order chi connectivity index (χ0) is 12.2. The average Bonchev–Trinajstić information content (AvgIpc) is 2.26. The minimum absolute atomic E-state index is 0.0252. The van der Waals surface area contributed by atoms with Gasteiger partial charge in [-0.05, 0) is 31.1 Å². The van der Waals surface area contributed by atoms with Crippen molar-refractivity contribution in [1.29, 1.82) is 0 Å². The van der Waals surface area contributed by atoms with Crippen LogP contribution in [0.25, 0.3) is 0 Å². The SMILES string of the molecule is COc1ccc(S(=O)(=O)CCOS)cc1N. The quantitative estimate of drug-likeness (QED) is 0.469. The first-order valence-electron chi connectivity index (χ1n) is 4.44. The van der Waals surface area contributed by atoms with Gasteiger partial charge in [0.05, 0.1) is 30.1 Å². The van der Waals surface area contributed by atoms with Crippen molar-refractivity contribution in [2.75, 3.05) is 25.2 Å². The molecule has 0 saturated carbocycles. The van der Waals surface area contributed by atoms with Crippen molar-refractivity contribution < 1.29 is 17.3 Å². The summed E-state index contributed by atoms with van der Waals surface area (Å²) in [5.41, 5.74) is 5.91. The Morgan fingerprint density at radius 2 is 2.12 bits per heavy atom. The van der Waals surface area contributed by atoms with Crippen molar-refractivity contribution in [3.63, 3.8) is 0 Å². The van der Waals surface area contributed by atoms with E-state index in [9.17, 15) is 8.42 Å². The molecule has 16 heavy (non-hydrogen) atoms. The van der Waals surface area contributed by atoms with Gasteiger partial charge in [0, 0.05) is 0 Å². The summed E-state index contributed by atoms with van der Waals surface area (Å²) in [6, 6.07) is 4.33. The van der Waals surface area contributed by atoms with E-state index in [1.165, 1.54) is 25.3 Å². The maximum absolute atomic E-state index is 11.7. The Balaban J connectivity index is 3.01. The minimum atomic E-state index is -3.38. The first-order chi connectivity index (χ1) is 7.51. The van der Waals surface area contributed by atoms with Crippen molar-refractivity contribution in [3.05, 3.63) is 18.2 Å². The van der Waals surface area contributed by atoms with Crippen LogP contribution in [0.4, 0.5) is 5.69 Å². The molecule has 0 radical (unpaired) electrons. The summed E-state index contributed by atoms with van der Waals surface area (Å²) in [7, 11) is -1.91. The van der Waals surface area contributed by atoms with E-state index in [0.29, 0.717) is 5.75 Å². The minimum Gasteiger partial charge on any atom is -0.495 e. The topological polar surface area (TPSA) is 78.6 Å². The van der Waals surface area contributed by atoms with Crippen LogP contribution in [0.15, 0.2) is 23.1 Å². The molecule has 1 aromatic rings. The zero-order valence-electron chi connectivity index (χ0n) is 8.71. The van der Waals surface area contributed by atoms with Crippen molar-refractivity contribution in [1.82, 2.24) is 0 Å². The van der Waals surface area contributed by atoms with E-state index < -0.39 is 9.84 Å². The summed E-state index contributed by atoms with van der Waals surface area (Å²) in [5.74, 6) is 0.312. The Bertz CT molecular complexity index is 459. The van der Waals surface area contributed by atoms with Gasteiger partial charge >= 0.3 is 0 Å². The number of sulfone groups is 1. The highest BCUT2D eigenvalue weighted by atomic mass is 32.2. The third kappa shape index (κ3) is 3.03. The number of ether oxygens (including phenoxy) is 1. The van der Waals surface area contributed by atoms with Crippen LogP contribution in [0.2, 0.25) is 0 Å². The van der Waals surface area contributed by atoms with Gasteiger partial charge in [-0.25, -0.2) is 8.42 Å². The summed E-state index contributed by atoms with van der Waals surface area (Å²) in [4.78, 5) is 0.149. The van der Waals surface area contributed by atoms with Crippen LogP contribution >= 0.6 is 12.9 Å². The van der Waals surface area contributed by atoms with E-state index in [2.05, 4.69) is 17.1 Å². The van der Waals surface area contributed by atoms with Crippen molar-refractivity contribution >= 4 is 28.4 Å². The third-order valence-corrected chi connectivity index (χ3v) is 3.86. The van der Waals surface area contributed by atoms with Crippen LogP contribution < -0.4 is 10.5 Å². The van der Waals surface area contributed by atoms with Crippen molar-refractivity contribution in [2.24, 2.45) is 0 Å². The highest BCUT2D eigenvalue weighted by molar-refractivity contribution is 7.91. The second kappa shape index (κ2) is 5.42. The largest absolute Gasteiger partial charge is 0.495 e. The second-order valence-electron chi connectivity index (χ2n) is 3.06. The fraction of sp³-hybridized carbons (Fsp3) is 0.333. The average molecular weight is 263 g/mol. The van der Waals surface area contributed by atoms with Gasteiger partial charge in [-0.15, -0.1) is 0 Å². The summed E-state index contributed by atoms with van der Waals surface area (Å²) in [6.07, 6.45) is 0. The van der Waals surface area contributed by atoms with E-state index in [-0.39, 0.29) is 22.9 Å². The third-order valence-electron chi connectivity index (χ3n) is 2.00. The fourth-order valence-corrected chi connectivity index (χ4v) is 2.51. The summed E-state index contributed by atoms with van der Waals surface area (Å²) in [5, 5.41) is 0. The van der Waals surface area contributed by atoms with E-state index in [4.69, 9.17) is 10.5 Å². The van der Waals surface area contributed by atoms with E-state index >= 15 is 0 Å². The second-order valence-corrected chi connectivity index (χ2v) is 5.42. The molecule has 0 aromatic heterocycles. The molecule has 0 aliphatic rings. The molecule has 0 amide bonds. The summed E-state index contributed by atoms with van der Waals surface area (Å²) < 4.78 is 32.8. The molecule has 0 aliphatic heterocycles. The predicted molar refractivity (Wildman–Crippen MR) is 64.4 cm³/mol. The van der Waals surface area contributed by atoms with Gasteiger partial charge in [0.25, 0.3) is 0 Å². The van der Waals surface area contributed by atoms with Gasteiger partial charge in [-0.1, -0.05) is 0 Å². The lowest BCUT2D eigenvalue weighted by molar-refractivity contribution is 0.409. The molecule has 0 saturated heterocycles. The number of anilines is 1. The van der Waals surface area contributed by atoms with Gasteiger partial charge in [0.15, 0.2) is 9.84 Å². The molecule has 2 N–H and O–H groups in total. The lowest BCUT2D eigenvalue weighted by Gasteiger charge is -2.07. The Morgan fingerprint density at radius 3 is 2.62 bits per heavy atom. The number of thiol groups is 1. The molecule has 0 aliphatic carbocycles. The molecule has 0 fully saturated rings. The van der Waals surface area contributed by atoms with Crippen LogP contribution in [0.1, 0.15) is 0 Å². The molecule has 0 atom stereocenters. The highest BCUT2D eigenvalue weighted by Gasteiger charge is 2.15. The molecule has 1 rings (SSSR count). The van der Waals surface area contributed by atoms with Crippen LogP contribution in [0.3, 0.4) is 0 Å². The zero-order valence-corrected chi connectivity index (χ0v) is 10.4. The Hall–Kier alpha value is -0.920. The van der Waals surface area contributed by atoms with Gasteiger partial charge in [-0.3, -0.25) is 0 Å². The maximum Gasteiger partial charge on any atom is 0.180 e. The molecule has 0 spiro atoms. The molecule has 1 aromatic carbocycles. The number of hydrogen-bond donors (Lipinski definition) is 2. The lowest BCUT2D eigenvalue weighted by Crippen LogP contribution is -2.11. The van der Waals surface area contributed by atoms with Crippen LogP contribution in [0.5, 0.6) is 5.75 Å². The smallest absolute Gasteiger partial charge is 0.180 e.